The van der Waals surface area contributed by atoms with Crippen molar-refractivity contribution in [2.45, 2.75) is 5.41 Å². The second-order valence-electron chi connectivity index (χ2n) is 8.53. The summed E-state index contributed by atoms with van der Waals surface area (Å²) in [5, 5.41) is 0. The highest BCUT2D eigenvalue weighted by molar-refractivity contribution is 9.10. The van der Waals surface area contributed by atoms with Crippen LogP contribution in [0.5, 0.6) is 0 Å². The summed E-state index contributed by atoms with van der Waals surface area (Å²) in [6.45, 7) is 0. The fourth-order valence-electron chi connectivity index (χ4n) is 4.49. The molecule has 0 saturated carbocycles. The van der Waals surface area contributed by atoms with Crippen LogP contribution < -0.4 is 0 Å². The minimum Gasteiger partial charge on any atom is -0.203 e. The third-order valence-electron chi connectivity index (χ3n) is 6.34. The van der Waals surface area contributed by atoms with Crippen molar-refractivity contribution in [3.63, 3.8) is 0 Å². The first-order chi connectivity index (χ1) is 20.7. The first-order valence-corrected chi connectivity index (χ1v) is 11.6. The Labute approximate surface area is 242 Å². The molecule has 4 aromatic carbocycles. The smallest absolute Gasteiger partial charge is 0.200 e. The minimum atomic E-state index is -5.95. The lowest BCUT2D eigenvalue weighted by atomic mass is 9.63. The van der Waals surface area contributed by atoms with Crippen molar-refractivity contribution >= 4 is 15.9 Å². The Morgan fingerprint density at radius 1 is 0.222 bits per heavy atom. The summed E-state index contributed by atoms with van der Waals surface area (Å²) in [4.78, 5) is 0. The van der Waals surface area contributed by atoms with Crippen LogP contribution in [0.1, 0.15) is 22.3 Å². The van der Waals surface area contributed by atoms with Crippen LogP contribution in [0.3, 0.4) is 0 Å². The lowest BCUT2D eigenvalue weighted by Crippen LogP contribution is -2.42. The van der Waals surface area contributed by atoms with E-state index in [2.05, 4.69) is 0 Å². The number of hydrogen-bond donors (Lipinski definition) is 0. The molecule has 45 heavy (non-hydrogen) atoms. The topological polar surface area (TPSA) is 0 Å². The van der Waals surface area contributed by atoms with Gasteiger partial charge in [-0.15, -0.1) is 0 Å². The number of hydrogen-bond acceptors (Lipinski definition) is 0. The molecule has 0 N–H and O–H groups in total. The lowest BCUT2D eigenvalue weighted by molar-refractivity contribution is 0.321. The van der Waals surface area contributed by atoms with E-state index in [0.717, 1.165) is 0 Å². The van der Waals surface area contributed by atoms with Gasteiger partial charge in [-0.3, -0.25) is 0 Å². The molecule has 0 saturated heterocycles. The molecule has 0 aromatic heterocycles. The average molecular weight is 741 g/mol. The third-order valence-corrected chi connectivity index (χ3v) is 7.04. The Bertz CT molecular complexity index is 1570. The second kappa shape index (κ2) is 11.1. The van der Waals surface area contributed by atoms with Crippen LogP contribution in [0.25, 0.3) is 0 Å². The highest BCUT2D eigenvalue weighted by Gasteiger charge is 2.58. The van der Waals surface area contributed by atoms with Gasteiger partial charge in [-0.1, -0.05) is 0 Å². The molecule has 0 spiro atoms. The molecule has 0 aliphatic rings. The number of halogens is 20. The number of benzene rings is 4. The largest absolute Gasteiger partial charge is 0.203 e. The van der Waals surface area contributed by atoms with Crippen molar-refractivity contribution in [1.82, 2.24) is 0 Å². The predicted molar refractivity (Wildman–Crippen MR) is 112 cm³/mol. The van der Waals surface area contributed by atoms with Crippen molar-refractivity contribution in [1.29, 1.82) is 0 Å². The van der Waals surface area contributed by atoms with Gasteiger partial charge >= 0.3 is 0 Å². The van der Waals surface area contributed by atoms with Gasteiger partial charge in [0.15, 0.2) is 93.1 Å². The summed E-state index contributed by atoms with van der Waals surface area (Å²) in [6, 6.07) is 0. The highest BCUT2D eigenvalue weighted by Crippen LogP contribution is 2.55. The average Bonchev–Trinajstić information content (AvgIpc) is 3.00. The van der Waals surface area contributed by atoms with Gasteiger partial charge in [-0.2, -0.15) is 0 Å². The van der Waals surface area contributed by atoms with E-state index in [0.29, 0.717) is 0 Å². The van der Waals surface area contributed by atoms with Crippen LogP contribution >= 0.6 is 15.9 Å². The third kappa shape index (κ3) is 4.30. The fourth-order valence-corrected chi connectivity index (χ4v) is 4.83. The standard InChI is InChI=1S/C25BrF19/c26-5-14(35)6(27)1(7(28)15(5)36)25(2-8(29)16(37)22(43)17(38)9(2)30,3-10(31)18(39)23(44)19(40)11(3)32)4-12(33)20(41)24(45)21(42)13(4)34. The molecule has 0 nitrogen and oxygen atoms in total. The van der Waals surface area contributed by atoms with Gasteiger partial charge in [-0.25, -0.2) is 83.4 Å². The van der Waals surface area contributed by atoms with Crippen LogP contribution in [-0.2, 0) is 5.41 Å². The van der Waals surface area contributed by atoms with Crippen molar-refractivity contribution in [2.24, 2.45) is 0 Å². The second-order valence-corrected chi connectivity index (χ2v) is 9.32. The monoisotopic (exact) mass is 740 g/mol. The molecule has 0 bridgehead atoms. The summed E-state index contributed by atoms with van der Waals surface area (Å²) in [6.07, 6.45) is 0. The van der Waals surface area contributed by atoms with E-state index in [1.807, 2.05) is 15.9 Å². The Balaban J connectivity index is 2.69. The van der Waals surface area contributed by atoms with E-state index < -0.39 is 143 Å². The van der Waals surface area contributed by atoms with Gasteiger partial charge < -0.3 is 0 Å². The zero-order valence-corrected chi connectivity index (χ0v) is 21.6. The Morgan fingerprint density at radius 3 is 0.533 bits per heavy atom. The van der Waals surface area contributed by atoms with Crippen molar-refractivity contribution in [3.8, 4) is 0 Å². The van der Waals surface area contributed by atoms with E-state index in [-0.39, 0.29) is 0 Å². The molecule has 4 rings (SSSR count). The van der Waals surface area contributed by atoms with E-state index >= 15 is 35.1 Å². The maximum atomic E-state index is 15.6. The summed E-state index contributed by atoms with van der Waals surface area (Å²) in [7, 11) is 0. The van der Waals surface area contributed by atoms with Crippen LogP contribution in [0.2, 0.25) is 0 Å². The quantitative estimate of drug-likeness (QED) is 0.0847. The molecule has 4 aromatic rings. The molecule has 20 heteroatoms. The summed E-state index contributed by atoms with van der Waals surface area (Å²) >= 11 is 1.85. The molecular weight excluding hydrogens is 741 g/mol. The summed E-state index contributed by atoms with van der Waals surface area (Å²) in [5.74, 6) is -65.6. The van der Waals surface area contributed by atoms with Gasteiger partial charge in [0.05, 0.1) is 9.89 Å². The van der Waals surface area contributed by atoms with Gasteiger partial charge in [-0.05, 0) is 15.9 Å². The van der Waals surface area contributed by atoms with Gasteiger partial charge in [0, 0.05) is 22.3 Å². The molecule has 0 aliphatic carbocycles. The van der Waals surface area contributed by atoms with E-state index in [9.17, 15) is 48.3 Å². The van der Waals surface area contributed by atoms with Gasteiger partial charge in [0.2, 0.25) is 17.5 Å². The molecule has 0 amide bonds. The Morgan fingerprint density at radius 2 is 0.356 bits per heavy atom. The normalized spacial score (nSPS) is 12.0. The molecule has 0 atom stereocenters. The molecule has 0 fully saturated rings. The van der Waals surface area contributed by atoms with Crippen molar-refractivity contribution < 1.29 is 83.4 Å². The molecule has 0 unspecified atom stereocenters. The maximum Gasteiger partial charge on any atom is 0.200 e. The number of rotatable bonds is 4. The molecular formula is C25BrF19. The molecule has 240 valence electrons. The van der Waals surface area contributed by atoms with Gasteiger partial charge in [0.25, 0.3) is 0 Å². The predicted octanol–water partition coefficient (Wildman–Crippen LogP) is 9.47. The van der Waals surface area contributed by atoms with Crippen LogP contribution in [0, 0.1) is 111 Å². The Kier molecular flexibility index (Phi) is 8.39. The maximum absolute atomic E-state index is 15.6. The zero-order valence-electron chi connectivity index (χ0n) is 20.1. The molecule has 0 radical (unpaired) electrons. The van der Waals surface area contributed by atoms with Crippen molar-refractivity contribution in [3.05, 3.63) is 137 Å². The fraction of sp³-hybridized carbons (Fsp3) is 0.0400. The SMILES string of the molecule is Fc1c(F)c(F)c(C(c2c(F)c(F)c(F)c(F)c2F)(c2c(F)c(F)c(F)c(F)c2F)c2c(F)c(F)c(Br)c(F)c2F)c(F)c1F. The van der Waals surface area contributed by atoms with Crippen LogP contribution in [0.15, 0.2) is 4.47 Å². The first-order valence-electron chi connectivity index (χ1n) is 10.8. The van der Waals surface area contributed by atoms with E-state index in [1.54, 1.807) is 0 Å². The Hall–Kier alpha value is -3.97. The summed E-state index contributed by atoms with van der Waals surface area (Å²) in [5.41, 5.74) is -20.0. The molecule has 0 aliphatic heterocycles. The lowest BCUT2D eigenvalue weighted by Gasteiger charge is -2.38. The van der Waals surface area contributed by atoms with Crippen molar-refractivity contribution in [2.75, 3.05) is 0 Å². The van der Waals surface area contributed by atoms with Crippen LogP contribution in [-0.4, -0.2) is 0 Å². The summed E-state index contributed by atoms with van der Waals surface area (Å²) < 4.78 is 280. The highest BCUT2D eigenvalue weighted by atomic mass is 79.9. The molecule has 0 heterocycles. The zero-order chi connectivity index (χ0) is 34.4. The van der Waals surface area contributed by atoms with Crippen LogP contribution in [0.4, 0.5) is 83.4 Å². The van der Waals surface area contributed by atoms with E-state index in [1.165, 1.54) is 0 Å². The van der Waals surface area contributed by atoms with E-state index in [4.69, 9.17) is 0 Å². The first kappa shape index (κ1) is 33.9. The minimum absolute atomic E-state index is 1.85. The van der Waals surface area contributed by atoms with Gasteiger partial charge in [0.1, 0.15) is 0 Å².